The molecule has 1 aliphatic carbocycles. The van der Waals surface area contributed by atoms with Gasteiger partial charge in [-0.05, 0) is 23.5 Å². The predicted octanol–water partition coefficient (Wildman–Crippen LogP) is 2.89. The Morgan fingerprint density at radius 2 is 1.50 bits per heavy atom. The Kier molecular flexibility index (Phi) is 7.43. The average Bonchev–Trinajstić information content (AvgIpc) is 3.57. The van der Waals surface area contributed by atoms with Gasteiger partial charge in [0.2, 0.25) is 5.91 Å². The molecule has 3 N–H and O–H groups in total. The maximum Gasteiger partial charge on any atom is 0.408 e. The fourth-order valence-corrected chi connectivity index (χ4v) is 3.15. The Morgan fingerprint density at radius 1 is 0.900 bits per heavy atom. The van der Waals surface area contributed by atoms with Crippen LogP contribution >= 0.6 is 0 Å². The van der Waals surface area contributed by atoms with Crippen molar-refractivity contribution >= 4 is 18.0 Å². The third-order valence-corrected chi connectivity index (χ3v) is 4.98. The molecule has 0 aromatic heterocycles. The van der Waals surface area contributed by atoms with Gasteiger partial charge in [0.05, 0.1) is 0 Å². The Balaban J connectivity index is 1.63. The van der Waals surface area contributed by atoms with Crippen molar-refractivity contribution in [3.8, 4) is 0 Å². The van der Waals surface area contributed by atoms with Gasteiger partial charge in [-0.1, -0.05) is 73.5 Å². The van der Waals surface area contributed by atoms with Gasteiger partial charge in [0.1, 0.15) is 18.7 Å². The van der Waals surface area contributed by atoms with Gasteiger partial charge in [0.25, 0.3) is 0 Å². The lowest BCUT2D eigenvalue weighted by atomic mass is 10.0. The monoisotopic (exact) mass is 410 g/mol. The smallest absolute Gasteiger partial charge is 0.408 e. The standard InChI is InChI=1S/C23H26N2O5/c26-21(24-20(22(27)28)14-17-11-12-17)19(13-16-7-3-1-4-8-16)25-23(29)30-15-18-9-5-2-6-10-18/h1-10,17,19-20H,11-15H2,(H,24,26)(H,25,29)(H,27,28)/t19-,20-/m0/s1. The van der Waals surface area contributed by atoms with Crippen LogP contribution < -0.4 is 10.6 Å². The quantitative estimate of drug-likeness (QED) is 0.559. The summed E-state index contributed by atoms with van der Waals surface area (Å²) in [6, 6.07) is 16.5. The number of alkyl carbamates (subject to hydrolysis) is 1. The highest BCUT2D eigenvalue weighted by Gasteiger charge is 2.32. The molecular weight excluding hydrogens is 384 g/mol. The first-order valence-electron chi connectivity index (χ1n) is 10.1. The van der Waals surface area contributed by atoms with E-state index in [0.717, 1.165) is 24.0 Å². The SMILES string of the molecule is O=C(N[C@@H](Cc1ccccc1)C(=O)N[C@@H](CC1CC1)C(=O)O)OCc1ccccc1. The molecule has 2 aromatic rings. The van der Waals surface area contributed by atoms with Crippen molar-refractivity contribution < 1.29 is 24.2 Å². The van der Waals surface area contributed by atoms with E-state index in [9.17, 15) is 19.5 Å². The number of hydrogen-bond donors (Lipinski definition) is 3. The zero-order valence-electron chi connectivity index (χ0n) is 16.6. The number of carboxylic acid groups (broad SMARTS) is 1. The van der Waals surface area contributed by atoms with E-state index in [1.165, 1.54) is 0 Å². The number of ether oxygens (including phenoxy) is 1. The normalized spacial score (nSPS) is 14.9. The second-order valence-electron chi connectivity index (χ2n) is 7.53. The van der Waals surface area contributed by atoms with Crippen LogP contribution in [-0.2, 0) is 27.4 Å². The molecule has 0 radical (unpaired) electrons. The van der Waals surface area contributed by atoms with Crippen LogP contribution in [0.25, 0.3) is 0 Å². The summed E-state index contributed by atoms with van der Waals surface area (Å²) in [4.78, 5) is 36.7. The highest BCUT2D eigenvalue weighted by atomic mass is 16.5. The first-order valence-corrected chi connectivity index (χ1v) is 10.1. The van der Waals surface area contributed by atoms with Gasteiger partial charge in [0, 0.05) is 6.42 Å². The number of carbonyl (C=O) groups excluding carboxylic acids is 2. The van der Waals surface area contributed by atoms with Gasteiger partial charge >= 0.3 is 12.1 Å². The number of carbonyl (C=O) groups is 3. The minimum Gasteiger partial charge on any atom is -0.480 e. The zero-order valence-corrected chi connectivity index (χ0v) is 16.6. The largest absolute Gasteiger partial charge is 0.480 e. The van der Waals surface area contributed by atoms with Crippen molar-refractivity contribution in [3.63, 3.8) is 0 Å². The van der Waals surface area contributed by atoms with Crippen LogP contribution in [0.4, 0.5) is 4.79 Å². The van der Waals surface area contributed by atoms with Gasteiger partial charge in [-0.15, -0.1) is 0 Å². The molecule has 2 amide bonds. The predicted molar refractivity (Wildman–Crippen MR) is 111 cm³/mol. The van der Waals surface area contributed by atoms with Crippen LogP contribution in [0.5, 0.6) is 0 Å². The molecule has 1 fully saturated rings. The van der Waals surface area contributed by atoms with Crippen molar-refractivity contribution in [1.82, 2.24) is 10.6 Å². The molecule has 7 nitrogen and oxygen atoms in total. The minimum absolute atomic E-state index is 0.0752. The van der Waals surface area contributed by atoms with Crippen LogP contribution in [0.2, 0.25) is 0 Å². The fraction of sp³-hybridized carbons (Fsp3) is 0.348. The molecule has 0 bridgehead atoms. The summed E-state index contributed by atoms with van der Waals surface area (Å²) < 4.78 is 5.23. The number of hydrogen-bond acceptors (Lipinski definition) is 4. The zero-order chi connectivity index (χ0) is 21.3. The molecule has 30 heavy (non-hydrogen) atoms. The van der Waals surface area contributed by atoms with Crippen molar-refractivity contribution in [2.24, 2.45) is 5.92 Å². The van der Waals surface area contributed by atoms with E-state index in [0.29, 0.717) is 12.3 Å². The van der Waals surface area contributed by atoms with E-state index in [-0.39, 0.29) is 13.0 Å². The first-order chi connectivity index (χ1) is 14.5. The van der Waals surface area contributed by atoms with Crippen molar-refractivity contribution in [3.05, 3.63) is 71.8 Å². The number of rotatable bonds is 10. The lowest BCUT2D eigenvalue weighted by Crippen LogP contribution is -2.52. The molecule has 0 saturated heterocycles. The summed E-state index contributed by atoms with van der Waals surface area (Å²) in [7, 11) is 0. The van der Waals surface area contributed by atoms with Crippen LogP contribution in [0.1, 0.15) is 30.4 Å². The van der Waals surface area contributed by atoms with Gasteiger partial charge in [-0.3, -0.25) is 4.79 Å². The van der Waals surface area contributed by atoms with Gasteiger partial charge in [0.15, 0.2) is 0 Å². The lowest BCUT2D eigenvalue weighted by Gasteiger charge is -2.21. The highest BCUT2D eigenvalue weighted by Crippen LogP contribution is 2.33. The van der Waals surface area contributed by atoms with E-state index < -0.39 is 30.1 Å². The molecular formula is C23H26N2O5. The van der Waals surface area contributed by atoms with Crippen molar-refractivity contribution in [2.45, 2.75) is 44.4 Å². The second kappa shape index (κ2) is 10.4. The number of amides is 2. The summed E-state index contributed by atoms with van der Waals surface area (Å²) in [6.07, 6.45) is 1.86. The molecule has 3 rings (SSSR count). The number of nitrogens with one attached hydrogen (secondary N) is 2. The maximum atomic E-state index is 12.8. The van der Waals surface area contributed by atoms with E-state index in [1.807, 2.05) is 60.7 Å². The molecule has 1 aliphatic rings. The molecule has 0 aliphatic heterocycles. The Bertz CT molecular complexity index is 852. The van der Waals surface area contributed by atoms with E-state index >= 15 is 0 Å². The summed E-state index contributed by atoms with van der Waals surface area (Å²) >= 11 is 0. The third kappa shape index (κ3) is 6.92. The van der Waals surface area contributed by atoms with Crippen molar-refractivity contribution in [2.75, 3.05) is 0 Å². The van der Waals surface area contributed by atoms with E-state index in [1.54, 1.807) is 0 Å². The number of carboxylic acids is 1. The summed E-state index contributed by atoms with van der Waals surface area (Å²) in [5.41, 5.74) is 1.67. The lowest BCUT2D eigenvalue weighted by molar-refractivity contribution is -0.142. The molecule has 7 heteroatoms. The molecule has 158 valence electrons. The highest BCUT2D eigenvalue weighted by molar-refractivity contribution is 5.89. The summed E-state index contributed by atoms with van der Waals surface area (Å²) in [5, 5.41) is 14.6. The Hall–Kier alpha value is -3.35. The van der Waals surface area contributed by atoms with Crippen LogP contribution in [0.15, 0.2) is 60.7 Å². The fourth-order valence-electron chi connectivity index (χ4n) is 3.15. The van der Waals surface area contributed by atoms with Crippen molar-refractivity contribution in [1.29, 1.82) is 0 Å². The maximum absolute atomic E-state index is 12.8. The summed E-state index contributed by atoms with van der Waals surface area (Å²) in [6.45, 7) is 0.0752. The molecule has 0 spiro atoms. The second-order valence-corrected chi connectivity index (χ2v) is 7.53. The van der Waals surface area contributed by atoms with Crippen LogP contribution in [0.3, 0.4) is 0 Å². The summed E-state index contributed by atoms with van der Waals surface area (Å²) in [5.74, 6) is -1.27. The third-order valence-electron chi connectivity index (χ3n) is 4.98. The number of benzene rings is 2. The molecule has 1 saturated carbocycles. The topological polar surface area (TPSA) is 105 Å². The number of aliphatic carboxylic acids is 1. The molecule has 0 unspecified atom stereocenters. The average molecular weight is 410 g/mol. The van der Waals surface area contributed by atoms with Crippen LogP contribution in [-0.4, -0.2) is 35.2 Å². The molecule has 0 heterocycles. The van der Waals surface area contributed by atoms with E-state index in [2.05, 4.69) is 10.6 Å². The Labute approximate surface area is 175 Å². The first kappa shape index (κ1) is 21.4. The minimum atomic E-state index is -1.07. The van der Waals surface area contributed by atoms with Gasteiger partial charge < -0.3 is 20.5 Å². The van der Waals surface area contributed by atoms with Crippen LogP contribution in [0, 0.1) is 5.92 Å². The van der Waals surface area contributed by atoms with E-state index in [4.69, 9.17) is 4.74 Å². The molecule has 2 atom stereocenters. The van der Waals surface area contributed by atoms with Gasteiger partial charge in [-0.25, -0.2) is 9.59 Å². The van der Waals surface area contributed by atoms with Gasteiger partial charge in [-0.2, -0.15) is 0 Å². The molecule has 2 aromatic carbocycles. The Morgan fingerprint density at radius 3 is 2.07 bits per heavy atom.